The lowest BCUT2D eigenvalue weighted by Crippen LogP contribution is -2.57. The minimum atomic E-state index is -1.02. The molecule has 6 atom stereocenters. The summed E-state index contributed by atoms with van der Waals surface area (Å²) in [6, 6.07) is 15.9. The highest BCUT2D eigenvalue weighted by Gasteiger charge is 2.51. The van der Waals surface area contributed by atoms with Crippen molar-refractivity contribution in [1.29, 1.82) is 0 Å². The van der Waals surface area contributed by atoms with Crippen LogP contribution in [0.2, 0.25) is 0 Å². The van der Waals surface area contributed by atoms with E-state index in [0.717, 1.165) is 11.1 Å². The van der Waals surface area contributed by atoms with Gasteiger partial charge < -0.3 is 34.8 Å². The van der Waals surface area contributed by atoms with Gasteiger partial charge in [-0.15, -0.1) is 0 Å². The van der Waals surface area contributed by atoms with E-state index in [2.05, 4.69) is 25.8 Å². The molecule has 282 valence electrons. The molecule has 2 aromatic carbocycles. The molecule has 0 saturated carbocycles. The number of aryl methyl sites for hydroxylation is 1. The van der Waals surface area contributed by atoms with Gasteiger partial charge >= 0.3 is 12.4 Å². The fraction of sp³-hybridized carbons (Fsp3) is 0.462. The molecule has 5 rings (SSSR count). The number of aromatic nitrogens is 1. The van der Waals surface area contributed by atoms with Crippen molar-refractivity contribution in [3.8, 4) is 5.95 Å². The second-order valence-corrected chi connectivity index (χ2v) is 14.3. The van der Waals surface area contributed by atoms with Crippen LogP contribution in [0.3, 0.4) is 0 Å². The Bertz CT molecular complexity index is 1760. The molecule has 2 saturated heterocycles. The normalized spacial score (nSPS) is 21.0. The summed E-state index contributed by atoms with van der Waals surface area (Å²) >= 11 is 0. The zero-order valence-corrected chi connectivity index (χ0v) is 30.4. The molecule has 0 aliphatic carbocycles. The third-order valence-corrected chi connectivity index (χ3v) is 9.53. The Morgan fingerprint density at radius 1 is 1.00 bits per heavy atom. The molecule has 0 spiro atoms. The fourth-order valence-corrected chi connectivity index (χ4v) is 6.66. The monoisotopic (exact) mass is 729 g/mol. The number of nitrogens with zero attached hydrogens (tertiary/aromatic N) is 2. The van der Waals surface area contributed by atoms with E-state index in [1.165, 1.54) is 11.0 Å². The van der Waals surface area contributed by atoms with Gasteiger partial charge in [-0.05, 0) is 56.6 Å². The van der Waals surface area contributed by atoms with E-state index in [4.69, 9.17) is 9.26 Å². The van der Waals surface area contributed by atoms with Crippen molar-refractivity contribution in [2.45, 2.75) is 102 Å². The van der Waals surface area contributed by atoms with Crippen LogP contribution in [0.5, 0.6) is 5.95 Å². The molecule has 3 N–H and O–H groups in total. The van der Waals surface area contributed by atoms with Crippen LogP contribution in [0, 0.1) is 5.92 Å². The van der Waals surface area contributed by atoms with Crippen molar-refractivity contribution >= 4 is 35.9 Å². The van der Waals surface area contributed by atoms with E-state index in [1.807, 2.05) is 81.4 Å². The maximum atomic E-state index is 14.2. The highest BCUT2D eigenvalue weighted by molar-refractivity contribution is 5.99. The quantitative estimate of drug-likeness (QED) is 0.122. The first-order chi connectivity index (χ1) is 25.4. The Kier molecular flexibility index (Phi) is 12.8. The fourth-order valence-electron chi connectivity index (χ4n) is 6.66. The predicted molar refractivity (Wildman–Crippen MR) is 191 cm³/mol. The SMILES string of the molecule is CC(C)C[C@H](NC(=O)[C@H](Cc1ccccc1)N1C(=O)[C@@H](NC(=O)[C@H](CCc2ccccc2)NC(=O)Cc2cc(OC=O)on2)CC1C)C(=O)C1(C)CO1. The summed E-state index contributed by atoms with van der Waals surface area (Å²) in [5.74, 6) is -2.27. The molecule has 14 heteroatoms. The van der Waals surface area contributed by atoms with Crippen LogP contribution in [-0.4, -0.2) is 88.4 Å². The Morgan fingerprint density at radius 3 is 2.28 bits per heavy atom. The van der Waals surface area contributed by atoms with Crippen molar-refractivity contribution in [3.63, 3.8) is 0 Å². The Labute approximate surface area is 308 Å². The number of likely N-dealkylation sites (tertiary alicyclic amines) is 1. The number of nitrogens with one attached hydrogen (secondary N) is 3. The van der Waals surface area contributed by atoms with Crippen LogP contribution in [0.25, 0.3) is 0 Å². The molecule has 2 aliphatic heterocycles. The molecule has 0 bridgehead atoms. The first kappa shape index (κ1) is 38.9. The number of rotatable bonds is 19. The highest BCUT2D eigenvalue weighted by Crippen LogP contribution is 2.30. The standard InChI is InChI=1S/C39H47N5O9/c1-24(2)17-30(35(47)39(4)22-52-39)41-37(49)32(19-27-13-9-6-10-14-27)44-25(3)18-31(38(44)50)42-36(48)29(16-15-26-11-7-5-8-12-26)40-33(46)20-28-21-34(51-23-45)53-43-28/h5-14,21,23-25,29-32H,15-20,22H2,1-4H3,(H,40,46)(H,41,49)(H,42,48)/t25?,29-,30-,31-,32-,39?/m0/s1. The van der Waals surface area contributed by atoms with E-state index >= 15 is 0 Å². The molecule has 2 fully saturated rings. The Morgan fingerprint density at radius 2 is 1.66 bits per heavy atom. The zero-order valence-electron chi connectivity index (χ0n) is 30.4. The van der Waals surface area contributed by atoms with Gasteiger partial charge in [0.05, 0.1) is 24.8 Å². The second-order valence-electron chi connectivity index (χ2n) is 14.3. The molecule has 1 aromatic heterocycles. The van der Waals surface area contributed by atoms with Gasteiger partial charge in [-0.25, -0.2) is 0 Å². The molecule has 0 radical (unpaired) electrons. The van der Waals surface area contributed by atoms with Crippen molar-refractivity contribution in [2.24, 2.45) is 5.92 Å². The maximum absolute atomic E-state index is 14.2. The molecule has 3 heterocycles. The summed E-state index contributed by atoms with van der Waals surface area (Å²) in [5.41, 5.74) is 1.03. The van der Waals surface area contributed by atoms with Crippen molar-refractivity contribution in [1.82, 2.24) is 26.0 Å². The highest BCUT2D eigenvalue weighted by atomic mass is 16.6. The number of hydrogen-bond acceptors (Lipinski definition) is 10. The third kappa shape index (κ3) is 10.4. The number of ketones is 1. The van der Waals surface area contributed by atoms with E-state index < -0.39 is 59.4 Å². The van der Waals surface area contributed by atoms with Crippen molar-refractivity contribution in [3.05, 3.63) is 83.6 Å². The van der Waals surface area contributed by atoms with Crippen molar-refractivity contribution in [2.75, 3.05) is 6.61 Å². The predicted octanol–water partition coefficient (Wildman–Crippen LogP) is 2.48. The number of amides is 4. The number of Topliss-reactive ketones (excluding diaryl/α,β-unsaturated/α-hetero) is 1. The molecule has 3 aromatic rings. The maximum Gasteiger partial charge on any atom is 0.318 e. The summed E-state index contributed by atoms with van der Waals surface area (Å²) in [5, 5.41) is 12.3. The summed E-state index contributed by atoms with van der Waals surface area (Å²) in [6.45, 7) is 7.92. The van der Waals surface area contributed by atoms with Crippen LogP contribution in [-0.2, 0) is 52.8 Å². The summed E-state index contributed by atoms with van der Waals surface area (Å²) in [4.78, 5) is 80.8. The van der Waals surface area contributed by atoms with Gasteiger partial charge in [0.2, 0.25) is 23.6 Å². The van der Waals surface area contributed by atoms with E-state index in [1.54, 1.807) is 6.92 Å². The van der Waals surface area contributed by atoms with Crippen LogP contribution in [0.1, 0.15) is 63.8 Å². The zero-order chi connectivity index (χ0) is 38.1. The van der Waals surface area contributed by atoms with Crippen LogP contribution >= 0.6 is 0 Å². The summed E-state index contributed by atoms with van der Waals surface area (Å²) in [6.07, 6.45) is 1.26. The molecule has 2 aliphatic rings. The van der Waals surface area contributed by atoms with Gasteiger partial charge in [0.25, 0.3) is 0 Å². The topological polar surface area (TPSA) is 190 Å². The average Bonchev–Trinajstić information content (AvgIpc) is 3.63. The van der Waals surface area contributed by atoms with E-state index in [-0.39, 0.29) is 62.1 Å². The Balaban J connectivity index is 1.32. The number of carbonyl (C=O) groups is 6. The molecule has 53 heavy (non-hydrogen) atoms. The summed E-state index contributed by atoms with van der Waals surface area (Å²) in [7, 11) is 0. The molecular formula is C39H47N5O9. The van der Waals surface area contributed by atoms with Crippen LogP contribution in [0.15, 0.2) is 71.3 Å². The van der Waals surface area contributed by atoms with Gasteiger partial charge in [0, 0.05) is 18.5 Å². The summed E-state index contributed by atoms with van der Waals surface area (Å²) < 4.78 is 14.9. The molecule has 14 nitrogen and oxygen atoms in total. The lowest BCUT2D eigenvalue weighted by atomic mass is 9.92. The Hall–Kier alpha value is -5.37. The first-order valence-corrected chi connectivity index (χ1v) is 17.9. The van der Waals surface area contributed by atoms with E-state index in [0.29, 0.717) is 12.8 Å². The molecular weight excluding hydrogens is 682 g/mol. The van der Waals surface area contributed by atoms with Crippen LogP contribution < -0.4 is 20.7 Å². The van der Waals surface area contributed by atoms with Crippen molar-refractivity contribution < 1.29 is 42.8 Å². The lowest BCUT2D eigenvalue weighted by molar-refractivity contribution is -0.142. The number of benzene rings is 2. The minimum absolute atomic E-state index is 0.103. The largest absolute Gasteiger partial charge is 0.393 e. The smallest absolute Gasteiger partial charge is 0.318 e. The van der Waals surface area contributed by atoms with Crippen LogP contribution in [0.4, 0.5) is 0 Å². The number of epoxide rings is 1. The van der Waals surface area contributed by atoms with E-state index in [9.17, 15) is 28.8 Å². The second kappa shape index (κ2) is 17.4. The number of ether oxygens (including phenoxy) is 2. The van der Waals surface area contributed by atoms with Gasteiger partial charge in [0.1, 0.15) is 23.7 Å². The third-order valence-electron chi connectivity index (χ3n) is 9.53. The molecule has 2 unspecified atom stereocenters. The number of carbonyl (C=O) groups excluding carboxylic acids is 6. The lowest BCUT2D eigenvalue weighted by Gasteiger charge is -2.33. The van der Waals surface area contributed by atoms with Gasteiger partial charge in [-0.2, -0.15) is 0 Å². The molecule has 4 amide bonds. The van der Waals surface area contributed by atoms with Gasteiger partial charge in [-0.1, -0.05) is 79.7 Å². The minimum Gasteiger partial charge on any atom is -0.393 e. The first-order valence-electron chi connectivity index (χ1n) is 17.9. The van der Waals surface area contributed by atoms with Gasteiger partial charge in [0.15, 0.2) is 5.78 Å². The number of hydrogen-bond donors (Lipinski definition) is 3. The average molecular weight is 730 g/mol. The van der Waals surface area contributed by atoms with Gasteiger partial charge in [-0.3, -0.25) is 28.8 Å².